The van der Waals surface area contributed by atoms with Crippen molar-refractivity contribution >= 4 is 47.8 Å². The molecule has 0 aliphatic carbocycles. The minimum Gasteiger partial charge on any atom is -0.481 e. The van der Waals surface area contributed by atoms with E-state index in [4.69, 9.17) is 5.11 Å². The lowest BCUT2D eigenvalue weighted by Crippen LogP contribution is -2.32. The molecule has 2 aromatic rings. The van der Waals surface area contributed by atoms with E-state index in [1.807, 2.05) is 42.5 Å². The largest absolute Gasteiger partial charge is 0.481 e. The second-order valence-electron chi connectivity index (χ2n) is 7.84. The standard InChI is InChI=1S/C22H24N4O3.ClH/c1-22(2)18-9-8-17(13-19(18)23-14-24-22)26-12-11-25(21(26)29)16-6-3-15(4-7-16)5-10-20(27)28;/h3-4,6-9,13-14H,5,10-12H2,1-2H3,(H,23,24)(H,27,28);1H. The number of rotatable bonds is 5. The highest BCUT2D eigenvalue weighted by atomic mass is 35.5. The van der Waals surface area contributed by atoms with Gasteiger partial charge in [0.25, 0.3) is 0 Å². The number of aryl methyl sites for hydroxylation is 1. The van der Waals surface area contributed by atoms with E-state index in [1.54, 1.807) is 16.1 Å². The van der Waals surface area contributed by atoms with Gasteiger partial charge in [-0.1, -0.05) is 18.2 Å². The topological polar surface area (TPSA) is 85.2 Å². The van der Waals surface area contributed by atoms with E-state index in [9.17, 15) is 9.59 Å². The molecule has 0 unspecified atom stereocenters. The van der Waals surface area contributed by atoms with E-state index >= 15 is 0 Å². The smallest absolute Gasteiger partial charge is 0.329 e. The zero-order valence-electron chi connectivity index (χ0n) is 17.0. The summed E-state index contributed by atoms with van der Waals surface area (Å²) in [5.41, 5.74) is 4.40. The van der Waals surface area contributed by atoms with Crippen LogP contribution in [0.25, 0.3) is 0 Å². The molecule has 2 aliphatic heterocycles. The SMILES string of the molecule is CC1(C)N=CNc2cc(N3CCN(c4ccc(CCC(=O)O)cc4)C3=O)ccc21.Cl. The van der Waals surface area contributed by atoms with Gasteiger partial charge in [-0.15, -0.1) is 12.4 Å². The quantitative estimate of drug-likeness (QED) is 0.745. The molecule has 8 heteroatoms. The third-order valence-electron chi connectivity index (χ3n) is 5.47. The summed E-state index contributed by atoms with van der Waals surface area (Å²) in [6.07, 6.45) is 2.29. The van der Waals surface area contributed by atoms with Crippen molar-refractivity contribution in [3.05, 3.63) is 53.6 Å². The molecule has 2 heterocycles. The van der Waals surface area contributed by atoms with Crippen molar-refractivity contribution in [2.45, 2.75) is 32.2 Å². The van der Waals surface area contributed by atoms with Crippen molar-refractivity contribution in [3.63, 3.8) is 0 Å². The van der Waals surface area contributed by atoms with Crippen molar-refractivity contribution in [2.75, 3.05) is 28.2 Å². The normalized spacial score (nSPS) is 16.7. The molecule has 1 fully saturated rings. The molecule has 0 spiro atoms. The number of amides is 2. The minimum atomic E-state index is -0.811. The van der Waals surface area contributed by atoms with Gasteiger partial charge in [-0.2, -0.15) is 0 Å². The predicted molar refractivity (Wildman–Crippen MR) is 121 cm³/mol. The average molecular weight is 429 g/mol. The van der Waals surface area contributed by atoms with Crippen molar-refractivity contribution in [1.82, 2.24) is 0 Å². The van der Waals surface area contributed by atoms with Gasteiger partial charge in [0, 0.05) is 42.1 Å². The van der Waals surface area contributed by atoms with Gasteiger partial charge in [0.05, 0.1) is 11.9 Å². The van der Waals surface area contributed by atoms with Crippen LogP contribution in [-0.2, 0) is 16.8 Å². The Labute approximate surface area is 181 Å². The number of aliphatic imine (C=N–C) groups is 1. The van der Waals surface area contributed by atoms with Gasteiger partial charge in [-0.25, -0.2) is 4.79 Å². The lowest BCUT2D eigenvalue weighted by molar-refractivity contribution is -0.136. The summed E-state index contributed by atoms with van der Waals surface area (Å²) in [5, 5.41) is 12.0. The molecule has 0 radical (unpaired) electrons. The molecule has 30 heavy (non-hydrogen) atoms. The van der Waals surface area contributed by atoms with Crippen LogP contribution >= 0.6 is 12.4 Å². The van der Waals surface area contributed by atoms with Crippen LogP contribution in [0.5, 0.6) is 0 Å². The molecule has 0 saturated carbocycles. The number of nitrogens with zero attached hydrogens (tertiary/aromatic N) is 3. The van der Waals surface area contributed by atoms with Crippen LogP contribution in [0, 0.1) is 0 Å². The number of aliphatic carboxylic acids is 1. The van der Waals surface area contributed by atoms with Gasteiger partial charge in [-0.3, -0.25) is 19.6 Å². The molecule has 4 rings (SSSR count). The first kappa shape index (κ1) is 21.6. The van der Waals surface area contributed by atoms with Crippen LogP contribution < -0.4 is 15.1 Å². The van der Waals surface area contributed by atoms with E-state index in [0.29, 0.717) is 19.5 Å². The highest BCUT2D eigenvalue weighted by Gasteiger charge is 2.32. The lowest BCUT2D eigenvalue weighted by atomic mass is 9.92. The number of urea groups is 1. The Morgan fingerprint density at radius 3 is 2.40 bits per heavy atom. The minimum absolute atomic E-state index is 0. The highest BCUT2D eigenvalue weighted by molar-refractivity contribution is 6.06. The van der Waals surface area contributed by atoms with Crippen LogP contribution in [0.15, 0.2) is 47.5 Å². The van der Waals surface area contributed by atoms with Crippen molar-refractivity contribution in [2.24, 2.45) is 4.99 Å². The van der Waals surface area contributed by atoms with E-state index in [2.05, 4.69) is 24.2 Å². The fourth-order valence-electron chi connectivity index (χ4n) is 3.80. The number of hydrogen-bond acceptors (Lipinski definition) is 4. The summed E-state index contributed by atoms with van der Waals surface area (Å²) in [6, 6.07) is 13.5. The molecule has 1 saturated heterocycles. The fourth-order valence-corrected chi connectivity index (χ4v) is 3.80. The van der Waals surface area contributed by atoms with Gasteiger partial charge < -0.3 is 10.4 Å². The van der Waals surface area contributed by atoms with Crippen LogP contribution in [-0.4, -0.2) is 36.5 Å². The Kier molecular flexibility index (Phi) is 6.03. The number of carbonyl (C=O) groups excluding carboxylic acids is 1. The number of nitrogens with one attached hydrogen (secondary N) is 1. The molecule has 2 aliphatic rings. The molecule has 0 atom stereocenters. The number of benzene rings is 2. The summed E-state index contributed by atoms with van der Waals surface area (Å²) < 4.78 is 0. The van der Waals surface area contributed by atoms with E-state index in [1.165, 1.54) is 0 Å². The molecule has 0 aromatic heterocycles. The number of hydrogen-bond donors (Lipinski definition) is 2. The number of carbonyl (C=O) groups is 2. The Morgan fingerprint density at radius 2 is 1.73 bits per heavy atom. The number of carboxylic acids is 1. The van der Waals surface area contributed by atoms with Crippen LogP contribution in [0.1, 0.15) is 31.4 Å². The molecule has 2 aromatic carbocycles. The summed E-state index contributed by atoms with van der Waals surface area (Å²) in [7, 11) is 0. The fraction of sp³-hybridized carbons (Fsp3) is 0.318. The van der Waals surface area contributed by atoms with E-state index < -0.39 is 5.97 Å². The molecular formula is C22H25ClN4O3. The summed E-state index contributed by atoms with van der Waals surface area (Å²) in [5.74, 6) is -0.811. The van der Waals surface area contributed by atoms with E-state index in [-0.39, 0.29) is 30.4 Å². The van der Waals surface area contributed by atoms with Crippen molar-refractivity contribution in [3.8, 4) is 0 Å². The summed E-state index contributed by atoms with van der Waals surface area (Å²) in [4.78, 5) is 31.7. The Bertz CT molecular complexity index is 988. The van der Waals surface area contributed by atoms with Crippen LogP contribution in [0.4, 0.5) is 21.9 Å². The second kappa shape index (κ2) is 8.36. The first-order chi connectivity index (χ1) is 13.8. The number of anilines is 3. The van der Waals surface area contributed by atoms with Gasteiger partial charge in [-0.05, 0) is 50.1 Å². The summed E-state index contributed by atoms with van der Waals surface area (Å²) >= 11 is 0. The van der Waals surface area contributed by atoms with Crippen molar-refractivity contribution < 1.29 is 14.7 Å². The molecule has 2 amide bonds. The average Bonchev–Trinajstić information content (AvgIpc) is 3.07. The predicted octanol–water partition coefficient (Wildman–Crippen LogP) is 4.26. The van der Waals surface area contributed by atoms with Gasteiger partial charge in [0.15, 0.2) is 0 Å². The Morgan fingerprint density at radius 1 is 1.10 bits per heavy atom. The zero-order chi connectivity index (χ0) is 20.6. The second-order valence-corrected chi connectivity index (χ2v) is 7.84. The zero-order valence-corrected chi connectivity index (χ0v) is 17.8. The molecular weight excluding hydrogens is 404 g/mol. The van der Waals surface area contributed by atoms with Crippen LogP contribution in [0.3, 0.4) is 0 Å². The summed E-state index contributed by atoms with van der Waals surface area (Å²) in [6.45, 7) is 5.33. The number of halogens is 1. The first-order valence-corrected chi connectivity index (χ1v) is 9.70. The first-order valence-electron chi connectivity index (χ1n) is 9.70. The third-order valence-corrected chi connectivity index (χ3v) is 5.47. The maximum absolute atomic E-state index is 13.0. The molecule has 0 bridgehead atoms. The Balaban J connectivity index is 0.00000256. The lowest BCUT2D eigenvalue weighted by Gasteiger charge is -2.28. The maximum atomic E-state index is 13.0. The maximum Gasteiger partial charge on any atom is 0.329 e. The van der Waals surface area contributed by atoms with Crippen LogP contribution in [0.2, 0.25) is 0 Å². The Hall–Kier alpha value is -3.06. The van der Waals surface area contributed by atoms with Gasteiger partial charge >= 0.3 is 12.0 Å². The molecule has 7 nitrogen and oxygen atoms in total. The molecule has 158 valence electrons. The number of fused-ring (bicyclic) bond motifs is 1. The van der Waals surface area contributed by atoms with Crippen molar-refractivity contribution in [1.29, 1.82) is 0 Å². The highest BCUT2D eigenvalue weighted by Crippen LogP contribution is 2.37. The van der Waals surface area contributed by atoms with E-state index in [0.717, 1.165) is 28.2 Å². The molecule has 2 N–H and O–H groups in total. The van der Waals surface area contributed by atoms with Gasteiger partial charge in [0.2, 0.25) is 0 Å². The third kappa shape index (κ3) is 4.11. The monoisotopic (exact) mass is 428 g/mol. The number of carboxylic acid groups (broad SMARTS) is 1. The van der Waals surface area contributed by atoms with Gasteiger partial charge in [0.1, 0.15) is 0 Å².